The van der Waals surface area contributed by atoms with Crippen LogP contribution in [-0.2, 0) is 6.42 Å². The van der Waals surface area contributed by atoms with Gasteiger partial charge >= 0.3 is 0 Å². The average molecular weight is 252 g/mol. The summed E-state index contributed by atoms with van der Waals surface area (Å²) in [5.74, 6) is 0. The van der Waals surface area contributed by atoms with E-state index in [-0.39, 0.29) is 0 Å². The Morgan fingerprint density at radius 3 is 2.86 bits per heavy atom. The summed E-state index contributed by atoms with van der Waals surface area (Å²) in [7, 11) is 0. The summed E-state index contributed by atoms with van der Waals surface area (Å²) >= 11 is 3.51. The predicted molar refractivity (Wildman–Crippen MR) is 64.1 cm³/mol. The Morgan fingerprint density at radius 1 is 1.36 bits per heavy atom. The number of fused-ring (bicyclic) bond motifs is 1. The van der Waals surface area contributed by atoms with Crippen molar-refractivity contribution in [2.45, 2.75) is 19.8 Å². The van der Waals surface area contributed by atoms with E-state index in [0.29, 0.717) is 6.54 Å². The lowest BCUT2D eigenvalue weighted by Crippen LogP contribution is -2.11. The molecule has 0 heterocycles. The summed E-state index contributed by atoms with van der Waals surface area (Å²) in [6.07, 6.45) is 2.25. The van der Waals surface area contributed by atoms with Crippen LogP contribution in [0.2, 0.25) is 0 Å². The Kier molecular flexibility index (Phi) is 2.75. The van der Waals surface area contributed by atoms with Crippen LogP contribution in [0.5, 0.6) is 0 Å². The van der Waals surface area contributed by atoms with E-state index < -0.39 is 0 Å². The first-order valence-corrected chi connectivity index (χ1v) is 5.69. The van der Waals surface area contributed by atoms with E-state index in [1.54, 1.807) is 0 Å². The molecule has 0 saturated carbocycles. The molecule has 1 aliphatic rings. The van der Waals surface area contributed by atoms with Crippen molar-refractivity contribution in [2.24, 2.45) is 5.73 Å². The van der Waals surface area contributed by atoms with Gasteiger partial charge in [0, 0.05) is 11.0 Å². The number of rotatable bonds is 1. The van der Waals surface area contributed by atoms with E-state index in [4.69, 9.17) is 5.73 Å². The van der Waals surface area contributed by atoms with Crippen molar-refractivity contribution in [2.75, 3.05) is 6.54 Å². The second kappa shape index (κ2) is 3.87. The van der Waals surface area contributed by atoms with E-state index in [9.17, 15) is 0 Å². The molecule has 0 radical (unpaired) electrons. The van der Waals surface area contributed by atoms with Crippen molar-refractivity contribution >= 4 is 21.5 Å². The molecule has 1 aliphatic carbocycles. The van der Waals surface area contributed by atoms with Crippen LogP contribution in [0, 0.1) is 0 Å². The molecule has 1 nitrogen and oxygen atoms in total. The summed E-state index contributed by atoms with van der Waals surface area (Å²) in [4.78, 5) is 0. The zero-order valence-electron chi connectivity index (χ0n) is 8.31. The van der Waals surface area contributed by atoms with Crippen LogP contribution in [0.15, 0.2) is 28.2 Å². The normalized spacial score (nSPS) is 15.6. The van der Waals surface area contributed by atoms with Gasteiger partial charge in [0.2, 0.25) is 0 Å². The van der Waals surface area contributed by atoms with Gasteiger partial charge in [0.05, 0.1) is 0 Å². The van der Waals surface area contributed by atoms with Gasteiger partial charge in [-0.2, -0.15) is 0 Å². The third-order valence-electron chi connectivity index (χ3n) is 2.95. The maximum Gasteiger partial charge on any atom is 0.0181 e. The lowest BCUT2D eigenvalue weighted by molar-refractivity contribution is 0.881. The minimum Gasteiger partial charge on any atom is -0.327 e. The van der Waals surface area contributed by atoms with Crippen molar-refractivity contribution in [3.8, 4) is 0 Å². The van der Waals surface area contributed by atoms with Gasteiger partial charge in [-0.15, -0.1) is 0 Å². The van der Waals surface area contributed by atoms with Gasteiger partial charge in [-0.3, -0.25) is 0 Å². The number of halogens is 1. The Morgan fingerprint density at radius 2 is 2.14 bits per heavy atom. The van der Waals surface area contributed by atoms with Gasteiger partial charge in [-0.25, -0.2) is 0 Å². The van der Waals surface area contributed by atoms with E-state index in [2.05, 4.69) is 41.1 Å². The van der Waals surface area contributed by atoms with E-state index in [1.165, 1.54) is 22.3 Å². The van der Waals surface area contributed by atoms with Crippen LogP contribution in [0.25, 0.3) is 5.57 Å². The summed E-state index contributed by atoms with van der Waals surface area (Å²) in [6, 6.07) is 6.51. The lowest BCUT2D eigenvalue weighted by atomic mass is 9.86. The minimum atomic E-state index is 0.692. The first kappa shape index (κ1) is 9.94. The lowest BCUT2D eigenvalue weighted by Gasteiger charge is -2.20. The molecule has 74 valence electrons. The van der Waals surface area contributed by atoms with Crippen molar-refractivity contribution in [1.82, 2.24) is 0 Å². The molecule has 1 aromatic carbocycles. The Bertz CT molecular complexity index is 393. The fraction of sp³-hybridized carbons (Fsp3) is 0.333. The summed E-state index contributed by atoms with van der Waals surface area (Å²) in [6.45, 7) is 2.87. The molecule has 0 aliphatic heterocycles. The van der Waals surface area contributed by atoms with Gasteiger partial charge in [0.15, 0.2) is 0 Å². The second-order valence-electron chi connectivity index (χ2n) is 3.73. The largest absolute Gasteiger partial charge is 0.327 e. The first-order valence-electron chi connectivity index (χ1n) is 4.90. The van der Waals surface area contributed by atoms with Gasteiger partial charge in [-0.05, 0) is 48.6 Å². The molecule has 0 atom stereocenters. The van der Waals surface area contributed by atoms with E-state index in [0.717, 1.165) is 17.3 Å². The summed E-state index contributed by atoms with van der Waals surface area (Å²) in [5, 5.41) is 0. The Balaban J connectivity index is 2.55. The highest BCUT2D eigenvalue weighted by Gasteiger charge is 2.14. The quantitative estimate of drug-likeness (QED) is 0.816. The van der Waals surface area contributed by atoms with E-state index >= 15 is 0 Å². The number of benzene rings is 1. The highest BCUT2D eigenvalue weighted by Crippen LogP contribution is 2.32. The molecule has 0 unspecified atom stereocenters. The molecular formula is C12H14BrN. The van der Waals surface area contributed by atoms with Gasteiger partial charge in [0.25, 0.3) is 0 Å². The van der Waals surface area contributed by atoms with E-state index in [1.807, 2.05) is 0 Å². The third kappa shape index (κ3) is 1.64. The molecule has 2 N–H and O–H groups in total. The predicted octanol–water partition coefficient (Wildman–Crippen LogP) is 3.13. The van der Waals surface area contributed by atoms with Crippen molar-refractivity contribution in [3.63, 3.8) is 0 Å². The SMILES string of the molecule is CC1=C(CN)CCc2ccc(Br)cc21. The van der Waals surface area contributed by atoms with Gasteiger partial charge in [-0.1, -0.05) is 27.6 Å². The monoisotopic (exact) mass is 251 g/mol. The molecule has 0 saturated heterocycles. The number of hydrogen-bond donors (Lipinski definition) is 1. The Hall–Kier alpha value is -0.600. The van der Waals surface area contributed by atoms with Gasteiger partial charge in [0.1, 0.15) is 0 Å². The van der Waals surface area contributed by atoms with Crippen molar-refractivity contribution < 1.29 is 0 Å². The first-order chi connectivity index (χ1) is 6.72. The number of hydrogen-bond acceptors (Lipinski definition) is 1. The highest BCUT2D eigenvalue weighted by molar-refractivity contribution is 9.10. The number of allylic oxidation sites excluding steroid dienone is 1. The summed E-state index contributed by atoms with van der Waals surface area (Å²) < 4.78 is 1.15. The van der Waals surface area contributed by atoms with Crippen LogP contribution in [0.1, 0.15) is 24.5 Å². The molecule has 1 aromatic rings. The second-order valence-corrected chi connectivity index (χ2v) is 4.65. The van der Waals surface area contributed by atoms with Crippen molar-refractivity contribution in [3.05, 3.63) is 39.4 Å². The molecule has 0 fully saturated rings. The molecule has 14 heavy (non-hydrogen) atoms. The fourth-order valence-electron chi connectivity index (χ4n) is 2.03. The molecule has 0 amide bonds. The van der Waals surface area contributed by atoms with Crippen molar-refractivity contribution in [1.29, 1.82) is 0 Å². The molecule has 0 aromatic heterocycles. The number of aryl methyl sites for hydroxylation is 1. The molecular weight excluding hydrogens is 238 g/mol. The molecule has 0 spiro atoms. The maximum absolute atomic E-state index is 5.72. The zero-order chi connectivity index (χ0) is 10.1. The van der Waals surface area contributed by atoms with Crippen LogP contribution >= 0.6 is 15.9 Å². The maximum atomic E-state index is 5.72. The zero-order valence-corrected chi connectivity index (χ0v) is 9.89. The van der Waals surface area contributed by atoms with Crippen LogP contribution in [0.4, 0.5) is 0 Å². The minimum absolute atomic E-state index is 0.692. The van der Waals surface area contributed by atoms with Crippen LogP contribution in [0.3, 0.4) is 0 Å². The smallest absolute Gasteiger partial charge is 0.0181 e. The Labute approximate surface area is 93.1 Å². The molecule has 2 heteroatoms. The third-order valence-corrected chi connectivity index (χ3v) is 3.44. The fourth-order valence-corrected chi connectivity index (χ4v) is 2.40. The van der Waals surface area contributed by atoms with Crippen LogP contribution in [-0.4, -0.2) is 6.54 Å². The standard InChI is InChI=1S/C12H14BrN/c1-8-10(7-14)3-2-9-4-5-11(13)6-12(8)9/h4-6H,2-3,7,14H2,1H3. The molecule has 2 rings (SSSR count). The van der Waals surface area contributed by atoms with Crippen LogP contribution < -0.4 is 5.73 Å². The topological polar surface area (TPSA) is 26.0 Å². The molecule has 0 bridgehead atoms. The van der Waals surface area contributed by atoms with Gasteiger partial charge < -0.3 is 5.73 Å². The number of nitrogens with two attached hydrogens (primary N) is 1. The average Bonchev–Trinajstić information content (AvgIpc) is 2.20. The highest BCUT2D eigenvalue weighted by atomic mass is 79.9. The summed E-state index contributed by atoms with van der Waals surface area (Å²) in [5.41, 5.74) is 11.3.